The average Bonchev–Trinajstić information content (AvgIpc) is 2.84. The van der Waals surface area contributed by atoms with Crippen LogP contribution >= 0.6 is 0 Å². The quantitative estimate of drug-likeness (QED) is 0.733. The van der Waals surface area contributed by atoms with Gasteiger partial charge in [0.15, 0.2) is 0 Å². The summed E-state index contributed by atoms with van der Waals surface area (Å²) in [4.78, 5) is 22.5. The lowest BCUT2D eigenvalue weighted by molar-refractivity contribution is -0.143. The fourth-order valence-electron chi connectivity index (χ4n) is 2.61. The number of nitrogens with zero attached hydrogens (tertiary/aromatic N) is 1. The molecule has 0 aliphatic heterocycles. The number of amides is 1. The van der Waals surface area contributed by atoms with Crippen molar-refractivity contribution in [2.75, 3.05) is 18.4 Å². The molecule has 0 radical (unpaired) electrons. The van der Waals surface area contributed by atoms with E-state index in [1.165, 1.54) is 0 Å². The highest BCUT2D eigenvalue weighted by atomic mass is 16.5. The van der Waals surface area contributed by atoms with Crippen molar-refractivity contribution in [1.82, 2.24) is 10.5 Å². The molecular formula is C14H21N3O4. The molecule has 0 aromatic carbocycles. The van der Waals surface area contributed by atoms with Crippen molar-refractivity contribution < 1.29 is 19.2 Å². The van der Waals surface area contributed by atoms with Gasteiger partial charge in [-0.3, -0.25) is 14.9 Å². The van der Waals surface area contributed by atoms with Gasteiger partial charge in [-0.15, -0.1) is 0 Å². The fraction of sp³-hybridized carbons (Fsp3) is 0.643. The first-order chi connectivity index (χ1) is 10.0. The summed E-state index contributed by atoms with van der Waals surface area (Å²) in [6.07, 6.45) is 3.25. The number of carboxylic acids is 1. The van der Waals surface area contributed by atoms with Crippen molar-refractivity contribution in [1.29, 1.82) is 0 Å². The van der Waals surface area contributed by atoms with Crippen molar-refractivity contribution in [2.24, 2.45) is 11.8 Å². The number of carbonyl (C=O) groups excluding carboxylic acids is 1. The highest BCUT2D eigenvalue weighted by molar-refractivity contribution is 5.90. The van der Waals surface area contributed by atoms with Gasteiger partial charge in [-0.05, 0) is 45.1 Å². The van der Waals surface area contributed by atoms with E-state index in [9.17, 15) is 9.59 Å². The first-order valence-electron chi connectivity index (χ1n) is 7.21. The van der Waals surface area contributed by atoms with E-state index < -0.39 is 5.97 Å². The van der Waals surface area contributed by atoms with Crippen molar-refractivity contribution in [3.8, 4) is 0 Å². The Labute approximate surface area is 123 Å². The van der Waals surface area contributed by atoms with E-state index in [2.05, 4.69) is 15.8 Å². The fourth-order valence-corrected chi connectivity index (χ4v) is 2.61. The van der Waals surface area contributed by atoms with Crippen LogP contribution in [0.1, 0.15) is 31.4 Å². The van der Waals surface area contributed by atoms with Crippen LogP contribution in [-0.4, -0.2) is 35.2 Å². The molecule has 3 N–H and O–H groups in total. The third kappa shape index (κ3) is 4.86. The predicted molar refractivity (Wildman–Crippen MR) is 75.8 cm³/mol. The third-order valence-electron chi connectivity index (χ3n) is 3.81. The summed E-state index contributed by atoms with van der Waals surface area (Å²) in [6.45, 7) is 2.72. The minimum absolute atomic E-state index is 0.176. The van der Waals surface area contributed by atoms with Crippen LogP contribution in [0.3, 0.4) is 0 Å². The highest BCUT2D eigenvalue weighted by Gasteiger charge is 2.25. The zero-order valence-electron chi connectivity index (χ0n) is 12.1. The molecule has 1 aromatic heterocycles. The van der Waals surface area contributed by atoms with E-state index in [0.29, 0.717) is 17.5 Å². The maximum absolute atomic E-state index is 11.7. The number of hydrogen-bond donors (Lipinski definition) is 3. The van der Waals surface area contributed by atoms with E-state index in [1.807, 2.05) is 0 Å². The molecule has 1 amide bonds. The number of aryl methyl sites for hydroxylation is 1. The molecule has 0 saturated heterocycles. The number of rotatable bonds is 6. The topological polar surface area (TPSA) is 104 Å². The Hall–Kier alpha value is -1.89. The summed E-state index contributed by atoms with van der Waals surface area (Å²) in [5.74, 6) is -0.269. The number of hydrogen-bond acceptors (Lipinski definition) is 5. The molecule has 1 heterocycles. The summed E-state index contributed by atoms with van der Waals surface area (Å²) in [7, 11) is 0. The molecule has 7 nitrogen and oxygen atoms in total. The van der Waals surface area contributed by atoms with Crippen LogP contribution in [0.15, 0.2) is 10.6 Å². The average molecular weight is 295 g/mol. The Balaban J connectivity index is 1.61. The predicted octanol–water partition coefficient (Wildman–Crippen LogP) is 1.40. The van der Waals surface area contributed by atoms with Crippen LogP contribution in [0, 0.1) is 18.8 Å². The zero-order chi connectivity index (χ0) is 15.2. The number of nitrogens with one attached hydrogen (secondary N) is 2. The number of anilines is 1. The maximum atomic E-state index is 11.7. The van der Waals surface area contributed by atoms with E-state index in [0.717, 1.165) is 32.2 Å². The molecule has 1 saturated carbocycles. The second-order valence-corrected chi connectivity index (χ2v) is 5.57. The van der Waals surface area contributed by atoms with Crippen molar-refractivity contribution in [2.45, 2.75) is 32.6 Å². The highest BCUT2D eigenvalue weighted by Crippen LogP contribution is 2.28. The minimum atomic E-state index is -0.692. The lowest BCUT2D eigenvalue weighted by Crippen LogP contribution is -2.33. The SMILES string of the molecule is Cc1cc(NC(=O)CNCC2CCC(C(=O)O)CC2)on1. The number of carboxylic acid groups (broad SMARTS) is 1. The first-order valence-corrected chi connectivity index (χ1v) is 7.21. The van der Waals surface area contributed by atoms with Gasteiger partial charge in [-0.2, -0.15) is 0 Å². The normalized spacial score (nSPS) is 22.0. The van der Waals surface area contributed by atoms with Crippen LogP contribution < -0.4 is 10.6 Å². The van der Waals surface area contributed by atoms with Gasteiger partial charge in [0, 0.05) is 6.07 Å². The Morgan fingerprint density at radius 1 is 1.38 bits per heavy atom. The maximum Gasteiger partial charge on any atom is 0.306 e. The van der Waals surface area contributed by atoms with Gasteiger partial charge in [0.05, 0.1) is 18.2 Å². The Bertz CT molecular complexity index is 492. The first kappa shape index (κ1) is 15.5. The lowest BCUT2D eigenvalue weighted by Gasteiger charge is -2.26. The number of aromatic nitrogens is 1. The summed E-state index contributed by atoms with van der Waals surface area (Å²) < 4.78 is 4.90. The lowest BCUT2D eigenvalue weighted by atomic mass is 9.82. The molecule has 0 unspecified atom stereocenters. The van der Waals surface area contributed by atoms with Crippen LogP contribution in [0.2, 0.25) is 0 Å². The minimum Gasteiger partial charge on any atom is -0.481 e. The molecule has 1 aliphatic carbocycles. The van der Waals surface area contributed by atoms with Gasteiger partial charge in [0.2, 0.25) is 11.8 Å². The van der Waals surface area contributed by atoms with E-state index >= 15 is 0 Å². The van der Waals surface area contributed by atoms with Gasteiger partial charge in [0.25, 0.3) is 0 Å². The van der Waals surface area contributed by atoms with Gasteiger partial charge >= 0.3 is 5.97 Å². The molecule has 7 heteroatoms. The molecule has 21 heavy (non-hydrogen) atoms. The van der Waals surface area contributed by atoms with E-state index in [4.69, 9.17) is 9.63 Å². The van der Waals surface area contributed by atoms with E-state index in [1.54, 1.807) is 13.0 Å². The van der Waals surface area contributed by atoms with Crippen molar-refractivity contribution in [3.05, 3.63) is 11.8 Å². The van der Waals surface area contributed by atoms with Crippen LogP contribution in [0.25, 0.3) is 0 Å². The molecule has 2 rings (SSSR count). The molecule has 1 aliphatic rings. The van der Waals surface area contributed by atoms with Gasteiger partial charge < -0.3 is 14.9 Å². The Morgan fingerprint density at radius 2 is 2.10 bits per heavy atom. The molecule has 0 bridgehead atoms. The van der Waals surface area contributed by atoms with Crippen LogP contribution in [0.4, 0.5) is 5.88 Å². The van der Waals surface area contributed by atoms with Gasteiger partial charge in [-0.25, -0.2) is 0 Å². The molecule has 1 aromatic rings. The second-order valence-electron chi connectivity index (χ2n) is 5.57. The monoisotopic (exact) mass is 295 g/mol. The molecule has 116 valence electrons. The Kier molecular flexibility index (Phi) is 5.32. The van der Waals surface area contributed by atoms with Crippen LogP contribution in [0.5, 0.6) is 0 Å². The largest absolute Gasteiger partial charge is 0.481 e. The Morgan fingerprint density at radius 3 is 2.67 bits per heavy atom. The molecule has 0 spiro atoms. The van der Waals surface area contributed by atoms with Gasteiger partial charge in [-0.1, -0.05) is 5.16 Å². The van der Waals surface area contributed by atoms with E-state index in [-0.39, 0.29) is 18.4 Å². The van der Waals surface area contributed by atoms with Crippen LogP contribution in [-0.2, 0) is 9.59 Å². The smallest absolute Gasteiger partial charge is 0.306 e. The summed E-state index contributed by atoms with van der Waals surface area (Å²) >= 11 is 0. The van der Waals surface area contributed by atoms with Gasteiger partial charge in [0.1, 0.15) is 0 Å². The second kappa shape index (κ2) is 7.21. The zero-order valence-corrected chi connectivity index (χ0v) is 12.1. The summed E-state index contributed by atoms with van der Waals surface area (Å²) in [6, 6.07) is 1.66. The number of aliphatic carboxylic acids is 1. The molecule has 0 atom stereocenters. The number of carbonyl (C=O) groups is 2. The summed E-state index contributed by atoms with van der Waals surface area (Å²) in [5.41, 5.74) is 0.716. The molecular weight excluding hydrogens is 274 g/mol. The molecule has 1 fully saturated rings. The standard InChI is InChI=1S/C14H21N3O4/c1-9-6-13(21-17-9)16-12(18)8-15-7-10-2-4-11(5-3-10)14(19)20/h6,10-11,15H,2-5,7-8H2,1H3,(H,16,18)(H,19,20). The summed E-state index contributed by atoms with van der Waals surface area (Å²) in [5, 5.41) is 18.3. The van der Waals surface area contributed by atoms with Crippen molar-refractivity contribution in [3.63, 3.8) is 0 Å². The van der Waals surface area contributed by atoms with Crippen molar-refractivity contribution >= 4 is 17.8 Å². The third-order valence-corrected chi connectivity index (χ3v) is 3.81.